The third kappa shape index (κ3) is 17.8. The van der Waals surface area contributed by atoms with Crippen LogP contribution in [0, 0.1) is 5.41 Å². The van der Waals surface area contributed by atoms with Gasteiger partial charge in [0.05, 0.1) is 0 Å². The lowest BCUT2D eigenvalue weighted by Gasteiger charge is -2.20. The van der Waals surface area contributed by atoms with Gasteiger partial charge in [0.15, 0.2) is 0 Å². The number of unbranched alkanes of at least 4 members (excludes halogenated alkanes) is 8. The molecular formula is C36H54O2. The minimum atomic E-state index is -0.141. The van der Waals surface area contributed by atoms with E-state index >= 15 is 0 Å². The van der Waals surface area contributed by atoms with E-state index in [4.69, 9.17) is 4.74 Å². The van der Waals surface area contributed by atoms with Crippen molar-refractivity contribution in [3.63, 3.8) is 0 Å². The van der Waals surface area contributed by atoms with Crippen LogP contribution in [0.2, 0.25) is 0 Å². The Kier molecular flexibility index (Phi) is 18.8. The Labute approximate surface area is 234 Å². The molecule has 2 heteroatoms. The number of hydrogen-bond acceptors (Lipinski definition) is 2. The summed E-state index contributed by atoms with van der Waals surface area (Å²) in [6.07, 6.45) is 33.3. The summed E-state index contributed by atoms with van der Waals surface area (Å²) in [5, 5.41) is 0. The molecule has 1 aromatic carbocycles. The Morgan fingerprint density at radius 1 is 0.868 bits per heavy atom. The molecule has 0 bridgehead atoms. The van der Waals surface area contributed by atoms with Crippen LogP contribution in [0.15, 0.2) is 78.9 Å². The van der Waals surface area contributed by atoms with Gasteiger partial charge in [-0.25, -0.2) is 0 Å². The highest BCUT2D eigenvalue weighted by Crippen LogP contribution is 2.28. The highest BCUT2D eigenvalue weighted by molar-refractivity contribution is 5.72. The molecule has 0 radical (unpaired) electrons. The predicted molar refractivity (Wildman–Crippen MR) is 167 cm³/mol. The standard InChI is InChI=1S/C36H54O2/c1-6-8-9-10-11-12-13-14-15-16-17-18-19-20-21-24-35(37)38-34-27-25-33(26-28-34)29-31-36(5,7-2)30-22-23-32(3)4/h7,11-12,14-15,23,25-29,31H,2,6,8-10,13,16-22,24,30H2,1,3-5H3/b12-11-,15-14-,31-29+/t36-/m1/s1. The number of hydrogen-bond donors (Lipinski definition) is 0. The number of rotatable bonds is 21. The average Bonchev–Trinajstić information content (AvgIpc) is 2.90. The lowest BCUT2D eigenvalue weighted by atomic mass is 9.84. The molecule has 0 fully saturated rings. The Morgan fingerprint density at radius 2 is 1.50 bits per heavy atom. The van der Waals surface area contributed by atoms with Crippen LogP contribution in [-0.2, 0) is 4.79 Å². The zero-order chi connectivity index (χ0) is 27.9. The monoisotopic (exact) mass is 518 g/mol. The summed E-state index contributed by atoms with van der Waals surface area (Å²) in [5.41, 5.74) is 2.40. The maximum Gasteiger partial charge on any atom is 0.311 e. The Hall–Kier alpha value is -2.61. The summed E-state index contributed by atoms with van der Waals surface area (Å²) >= 11 is 0. The summed E-state index contributed by atoms with van der Waals surface area (Å²) in [6.45, 7) is 12.7. The minimum Gasteiger partial charge on any atom is -0.427 e. The molecule has 0 aliphatic heterocycles. The van der Waals surface area contributed by atoms with Gasteiger partial charge in [-0.15, -0.1) is 6.58 Å². The first kappa shape index (κ1) is 33.4. The molecule has 210 valence electrons. The first-order valence-corrected chi connectivity index (χ1v) is 15.0. The van der Waals surface area contributed by atoms with Gasteiger partial charge in [-0.3, -0.25) is 4.79 Å². The SMILES string of the molecule is C=C[C@@](C)(/C=C/c1ccc(OC(=O)CCCCCCC/C=C\C/C=C\CCCCC)cc1)CCC=C(C)C. The molecular weight excluding hydrogens is 464 g/mol. The number of carbonyl (C=O) groups is 1. The Morgan fingerprint density at radius 3 is 2.13 bits per heavy atom. The van der Waals surface area contributed by atoms with Crippen molar-refractivity contribution in [2.24, 2.45) is 5.41 Å². The fourth-order valence-electron chi connectivity index (χ4n) is 4.12. The minimum absolute atomic E-state index is 0.0430. The van der Waals surface area contributed by atoms with Crippen LogP contribution < -0.4 is 4.74 Å². The first-order chi connectivity index (χ1) is 18.4. The van der Waals surface area contributed by atoms with Crippen LogP contribution in [0.25, 0.3) is 6.08 Å². The van der Waals surface area contributed by atoms with Crippen molar-refractivity contribution < 1.29 is 9.53 Å². The van der Waals surface area contributed by atoms with Crippen molar-refractivity contribution in [1.29, 1.82) is 0 Å². The van der Waals surface area contributed by atoms with Crippen LogP contribution in [0.5, 0.6) is 5.75 Å². The molecule has 0 amide bonds. The van der Waals surface area contributed by atoms with E-state index in [0.717, 1.165) is 44.1 Å². The van der Waals surface area contributed by atoms with Gasteiger partial charge >= 0.3 is 5.97 Å². The molecule has 1 aromatic rings. The maximum atomic E-state index is 12.2. The second-order valence-electron chi connectivity index (χ2n) is 10.9. The highest BCUT2D eigenvalue weighted by atomic mass is 16.5. The fraction of sp³-hybridized carbons (Fsp3) is 0.528. The highest BCUT2D eigenvalue weighted by Gasteiger charge is 2.15. The van der Waals surface area contributed by atoms with Crippen molar-refractivity contribution in [3.05, 3.63) is 84.5 Å². The smallest absolute Gasteiger partial charge is 0.311 e. The summed E-state index contributed by atoms with van der Waals surface area (Å²) in [5.74, 6) is 0.474. The molecule has 0 saturated heterocycles. The van der Waals surface area contributed by atoms with Crippen molar-refractivity contribution in [1.82, 2.24) is 0 Å². The number of esters is 1. The van der Waals surface area contributed by atoms with Crippen LogP contribution in [0.3, 0.4) is 0 Å². The van der Waals surface area contributed by atoms with E-state index in [-0.39, 0.29) is 11.4 Å². The summed E-state index contributed by atoms with van der Waals surface area (Å²) in [6, 6.07) is 7.75. The van der Waals surface area contributed by atoms with Gasteiger partial charge in [-0.2, -0.15) is 0 Å². The number of carbonyl (C=O) groups excluding carboxylic acids is 1. The topological polar surface area (TPSA) is 26.3 Å². The molecule has 0 aliphatic rings. The van der Waals surface area contributed by atoms with Crippen molar-refractivity contribution >= 4 is 12.0 Å². The molecule has 0 spiro atoms. The summed E-state index contributed by atoms with van der Waals surface area (Å²) in [7, 11) is 0. The van der Waals surface area contributed by atoms with Crippen LogP contribution in [-0.4, -0.2) is 5.97 Å². The van der Waals surface area contributed by atoms with Crippen molar-refractivity contribution in [3.8, 4) is 5.75 Å². The Balaban J connectivity index is 2.19. The van der Waals surface area contributed by atoms with E-state index in [0.29, 0.717) is 12.2 Å². The molecule has 1 rings (SSSR count). The van der Waals surface area contributed by atoms with E-state index < -0.39 is 0 Å². The molecule has 0 N–H and O–H groups in total. The summed E-state index contributed by atoms with van der Waals surface area (Å²) in [4.78, 5) is 12.2. The zero-order valence-electron chi connectivity index (χ0n) is 24.9. The molecule has 2 nitrogen and oxygen atoms in total. The zero-order valence-corrected chi connectivity index (χ0v) is 24.9. The van der Waals surface area contributed by atoms with Gasteiger partial charge in [0.25, 0.3) is 0 Å². The largest absolute Gasteiger partial charge is 0.427 e. The van der Waals surface area contributed by atoms with Crippen LogP contribution >= 0.6 is 0 Å². The lowest BCUT2D eigenvalue weighted by molar-refractivity contribution is -0.134. The maximum absolute atomic E-state index is 12.2. The van der Waals surface area contributed by atoms with E-state index in [9.17, 15) is 4.79 Å². The normalized spacial score (nSPS) is 13.3. The van der Waals surface area contributed by atoms with Gasteiger partial charge in [0.1, 0.15) is 5.75 Å². The second kappa shape index (κ2) is 21.3. The van der Waals surface area contributed by atoms with E-state index in [2.05, 4.69) is 76.8 Å². The molecule has 0 heterocycles. The molecule has 0 aromatic heterocycles. The third-order valence-corrected chi connectivity index (χ3v) is 6.80. The predicted octanol–water partition coefficient (Wildman–Crippen LogP) is 11.4. The van der Waals surface area contributed by atoms with Gasteiger partial charge in [0, 0.05) is 11.8 Å². The van der Waals surface area contributed by atoms with Gasteiger partial charge in [-0.05, 0) is 82.9 Å². The van der Waals surface area contributed by atoms with Crippen molar-refractivity contribution in [2.75, 3.05) is 0 Å². The van der Waals surface area contributed by atoms with Crippen LogP contribution in [0.4, 0.5) is 0 Å². The van der Waals surface area contributed by atoms with Gasteiger partial charge in [0.2, 0.25) is 0 Å². The quantitative estimate of drug-likeness (QED) is 0.0700. The lowest BCUT2D eigenvalue weighted by Crippen LogP contribution is -2.08. The molecule has 0 aliphatic carbocycles. The van der Waals surface area contributed by atoms with Crippen LogP contribution in [0.1, 0.15) is 123 Å². The summed E-state index contributed by atoms with van der Waals surface area (Å²) < 4.78 is 5.53. The van der Waals surface area contributed by atoms with E-state index in [1.807, 2.05) is 30.3 Å². The number of allylic oxidation sites excluding steroid dienone is 8. The molecule has 38 heavy (non-hydrogen) atoms. The fourth-order valence-corrected chi connectivity index (χ4v) is 4.12. The van der Waals surface area contributed by atoms with E-state index in [1.165, 1.54) is 50.5 Å². The van der Waals surface area contributed by atoms with Gasteiger partial charge < -0.3 is 4.74 Å². The third-order valence-electron chi connectivity index (χ3n) is 6.80. The van der Waals surface area contributed by atoms with Crippen molar-refractivity contribution in [2.45, 2.75) is 118 Å². The van der Waals surface area contributed by atoms with E-state index in [1.54, 1.807) is 0 Å². The average molecular weight is 519 g/mol. The Bertz CT molecular complexity index is 880. The number of ether oxygens (including phenoxy) is 1. The number of benzene rings is 1. The molecule has 0 unspecified atom stereocenters. The van der Waals surface area contributed by atoms with Gasteiger partial charge in [-0.1, -0.05) is 112 Å². The molecule has 0 saturated carbocycles. The first-order valence-electron chi connectivity index (χ1n) is 15.0. The molecule has 1 atom stereocenters. The second-order valence-corrected chi connectivity index (χ2v) is 10.9.